The second-order valence-corrected chi connectivity index (χ2v) is 7.36. The molecular formula is C23H25N3O3. The van der Waals surface area contributed by atoms with E-state index in [1.54, 1.807) is 11.6 Å². The van der Waals surface area contributed by atoms with Crippen LogP contribution < -0.4 is 15.8 Å². The number of anilines is 1. The lowest BCUT2D eigenvalue weighted by atomic mass is 10.0. The zero-order chi connectivity index (χ0) is 20.4. The minimum atomic E-state index is -0.247. The Bertz CT molecular complexity index is 1080. The highest BCUT2D eigenvalue weighted by atomic mass is 16.5. The average molecular weight is 391 g/mol. The van der Waals surface area contributed by atoms with Crippen LogP contribution in [0.15, 0.2) is 59.4 Å². The van der Waals surface area contributed by atoms with Crippen LogP contribution in [0.1, 0.15) is 28.9 Å². The molecule has 150 valence electrons. The lowest BCUT2D eigenvalue weighted by Crippen LogP contribution is -2.36. The van der Waals surface area contributed by atoms with Gasteiger partial charge in [-0.05, 0) is 30.7 Å². The van der Waals surface area contributed by atoms with E-state index in [0.29, 0.717) is 5.56 Å². The summed E-state index contributed by atoms with van der Waals surface area (Å²) in [6.07, 6.45) is 0. The lowest BCUT2D eigenvalue weighted by Gasteiger charge is -2.29. The van der Waals surface area contributed by atoms with Gasteiger partial charge in [0.25, 0.3) is 11.5 Å². The molecule has 1 aliphatic heterocycles. The number of benzene rings is 2. The number of morpholine rings is 1. The first kappa shape index (κ1) is 19.2. The van der Waals surface area contributed by atoms with Crippen LogP contribution in [-0.4, -0.2) is 36.8 Å². The van der Waals surface area contributed by atoms with E-state index < -0.39 is 0 Å². The van der Waals surface area contributed by atoms with Crippen molar-refractivity contribution in [2.75, 3.05) is 31.2 Å². The Morgan fingerprint density at radius 3 is 2.48 bits per heavy atom. The number of nitrogens with zero attached hydrogens (tertiary/aromatic N) is 2. The molecule has 0 unspecified atom stereocenters. The van der Waals surface area contributed by atoms with Crippen molar-refractivity contribution in [3.05, 3.63) is 76.1 Å². The Labute approximate surface area is 169 Å². The number of pyridine rings is 1. The van der Waals surface area contributed by atoms with E-state index in [-0.39, 0.29) is 17.5 Å². The van der Waals surface area contributed by atoms with E-state index in [2.05, 4.69) is 22.3 Å². The van der Waals surface area contributed by atoms with Crippen molar-refractivity contribution in [3.8, 4) is 0 Å². The van der Waals surface area contributed by atoms with Crippen molar-refractivity contribution in [2.45, 2.75) is 13.0 Å². The summed E-state index contributed by atoms with van der Waals surface area (Å²) in [6, 6.07) is 16.9. The van der Waals surface area contributed by atoms with Gasteiger partial charge in [-0.3, -0.25) is 9.59 Å². The number of fused-ring (bicyclic) bond motifs is 1. The van der Waals surface area contributed by atoms with Crippen molar-refractivity contribution in [2.24, 2.45) is 7.05 Å². The minimum Gasteiger partial charge on any atom is -0.378 e. The van der Waals surface area contributed by atoms with Crippen LogP contribution in [-0.2, 0) is 11.8 Å². The van der Waals surface area contributed by atoms with Crippen molar-refractivity contribution in [1.29, 1.82) is 0 Å². The number of hydrogen-bond acceptors (Lipinski definition) is 4. The molecule has 0 saturated carbocycles. The molecule has 0 spiro atoms. The van der Waals surface area contributed by atoms with Gasteiger partial charge in [-0.25, -0.2) is 0 Å². The molecule has 6 nitrogen and oxygen atoms in total. The second kappa shape index (κ2) is 8.09. The molecule has 0 radical (unpaired) electrons. The smallest absolute Gasteiger partial charge is 0.252 e. The van der Waals surface area contributed by atoms with Crippen LogP contribution in [0.2, 0.25) is 0 Å². The Hall–Kier alpha value is -3.12. The topological polar surface area (TPSA) is 63.6 Å². The van der Waals surface area contributed by atoms with E-state index in [1.165, 1.54) is 6.07 Å². The van der Waals surface area contributed by atoms with Crippen molar-refractivity contribution >= 4 is 22.5 Å². The third-order valence-corrected chi connectivity index (χ3v) is 5.52. The van der Waals surface area contributed by atoms with Crippen molar-refractivity contribution < 1.29 is 9.53 Å². The molecule has 4 rings (SSSR count). The van der Waals surface area contributed by atoms with Gasteiger partial charge >= 0.3 is 0 Å². The summed E-state index contributed by atoms with van der Waals surface area (Å²) in [4.78, 5) is 27.5. The Morgan fingerprint density at radius 1 is 1.07 bits per heavy atom. The van der Waals surface area contributed by atoms with Crippen LogP contribution in [0, 0.1) is 0 Å². The number of hydrogen-bond donors (Lipinski definition) is 1. The fourth-order valence-electron chi connectivity index (χ4n) is 3.75. The second-order valence-electron chi connectivity index (χ2n) is 7.36. The molecule has 1 atom stereocenters. The Morgan fingerprint density at radius 2 is 1.76 bits per heavy atom. The number of aromatic nitrogens is 1. The molecule has 1 aromatic heterocycles. The summed E-state index contributed by atoms with van der Waals surface area (Å²) in [5.74, 6) is -0.247. The van der Waals surface area contributed by atoms with Gasteiger partial charge in [0.15, 0.2) is 0 Å². The first-order chi connectivity index (χ1) is 14.0. The van der Waals surface area contributed by atoms with E-state index in [9.17, 15) is 9.59 Å². The molecule has 1 amide bonds. The first-order valence-electron chi connectivity index (χ1n) is 9.87. The predicted molar refractivity (Wildman–Crippen MR) is 115 cm³/mol. The number of aryl methyl sites for hydroxylation is 1. The van der Waals surface area contributed by atoms with E-state index in [0.717, 1.165) is 48.5 Å². The SMILES string of the molecule is C[C@H](NC(=O)c1cc(=O)n(C)c2ccccc12)c1ccc(N2CCOCC2)cc1. The van der Waals surface area contributed by atoms with E-state index in [4.69, 9.17) is 4.74 Å². The fourth-order valence-corrected chi connectivity index (χ4v) is 3.75. The number of carbonyl (C=O) groups excluding carboxylic acids is 1. The van der Waals surface area contributed by atoms with Gasteiger partial charge in [0.1, 0.15) is 0 Å². The molecular weight excluding hydrogens is 366 g/mol. The van der Waals surface area contributed by atoms with Gasteiger partial charge in [-0.2, -0.15) is 0 Å². The highest BCUT2D eigenvalue weighted by molar-refractivity contribution is 6.06. The summed E-state index contributed by atoms with van der Waals surface area (Å²) in [5, 5.41) is 3.80. The maximum Gasteiger partial charge on any atom is 0.252 e. The molecule has 3 aromatic rings. The molecule has 0 bridgehead atoms. The number of rotatable bonds is 4. The van der Waals surface area contributed by atoms with Crippen LogP contribution >= 0.6 is 0 Å². The lowest BCUT2D eigenvalue weighted by molar-refractivity contribution is 0.0941. The van der Waals surface area contributed by atoms with Gasteiger partial charge in [-0.1, -0.05) is 30.3 Å². The zero-order valence-electron chi connectivity index (χ0n) is 16.7. The monoisotopic (exact) mass is 391 g/mol. The van der Waals surface area contributed by atoms with Crippen LogP contribution in [0.4, 0.5) is 5.69 Å². The largest absolute Gasteiger partial charge is 0.378 e. The summed E-state index contributed by atoms with van der Waals surface area (Å²) in [6.45, 7) is 5.23. The van der Waals surface area contributed by atoms with Gasteiger partial charge in [0.05, 0.1) is 30.3 Å². The number of para-hydroxylation sites is 1. The van der Waals surface area contributed by atoms with Crippen molar-refractivity contribution in [1.82, 2.24) is 9.88 Å². The van der Waals surface area contributed by atoms with Gasteiger partial charge in [-0.15, -0.1) is 0 Å². The summed E-state index contributed by atoms with van der Waals surface area (Å²) >= 11 is 0. The van der Waals surface area contributed by atoms with Crippen LogP contribution in [0.25, 0.3) is 10.9 Å². The average Bonchev–Trinajstić information content (AvgIpc) is 2.77. The standard InChI is InChI=1S/C23H25N3O3/c1-16(17-7-9-18(10-8-17)26-11-13-29-14-12-26)24-23(28)20-15-22(27)25(2)21-6-4-3-5-19(20)21/h3-10,15-16H,11-14H2,1-2H3,(H,24,28)/t16-/m0/s1. The zero-order valence-corrected chi connectivity index (χ0v) is 16.7. The summed E-state index contributed by atoms with van der Waals surface area (Å²) < 4.78 is 6.96. The van der Waals surface area contributed by atoms with Gasteiger partial charge < -0.3 is 19.5 Å². The summed E-state index contributed by atoms with van der Waals surface area (Å²) in [5.41, 5.74) is 3.13. The Balaban J connectivity index is 1.53. The van der Waals surface area contributed by atoms with Gasteiger partial charge in [0.2, 0.25) is 0 Å². The number of ether oxygens (including phenoxy) is 1. The molecule has 1 aliphatic rings. The quantitative estimate of drug-likeness (QED) is 0.743. The van der Waals surface area contributed by atoms with Crippen molar-refractivity contribution in [3.63, 3.8) is 0 Å². The first-order valence-corrected chi connectivity index (χ1v) is 9.87. The third kappa shape index (κ3) is 3.89. The maximum absolute atomic E-state index is 12.9. The fraction of sp³-hybridized carbons (Fsp3) is 0.304. The van der Waals surface area contributed by atoms with E-state index >= 15 is 0 Å². The van der Waals surface area contributed by atoms with Crippen LogP contribution in [0.5, 0.6) is 0 Å². The third-order valence-electron chi connectivity index (χ3n) is 5.52. The molecule has 2 aromatic carbocycles. The number of carbonyl (C=O) groups is 1. The number of amides is 1. The molecule has 2 heterocycles. The highest BCUT2D eigenvalue weighted by Crippen LogP contribution is 2.21. The van der Waals surface area contributed by atoms with E-state index in [1.807, 2.05) is 43.3 Å². The Kier molecular flexibility index (Phi) is 5.36. The number of nitrogens with one attached hydrogen (secondary N) is 1. The molecule has 1 N–H and O–H groups in total. The highest BCUT2D eigenvalue weighted by Gasteiger charge is 2.17. The molecule has 0 aliphatic carbocycles. The normalized spacial score (nSPS) is 15.3. The molecule has 6 heteroatoms. The van der Waals surface area contributed by atoms with Crippen LogP contribution in [0.3, 0.4) is 0 Å². The molecule has 29 heavy (non-hydrogen) atoms. The molecule has 1 fully saturated rings. The van der Waals surface area contributed by atoms with Gasteiger partial charge in [0, 0.05) is 37.3 Å². The minimum absolute atomic E-state index is 0.177. The maximum atomic E-state index is 12.9. The summed E-state index contributed by atoms with van der Waals surface area (Å²) in [7, 11) is 1.71. The predicted octanol–water partition coefficient (Wildman–Crippen LogP) is 2.87. The molecule has 1 saturated heterocycles.